The summed E-state index contributed by atoms with van der Waals surface area (Å²) in [6.45, 7) is 0.496. The van der Waals surface area contributed by atoms with Crippen molar-refractivity contribution >= 4 is 34.8 Å². The molecule has 0 saturated heterocycles. The third kappa shape index (κ3) is 2.69. The predicted octanol–water partition coefficient (Wildman–Crippen LogP) is 4.01. The quantitative estimate of drug-likeness (QED) is 0.907. The first kappa shape index (κ1) is 14.2. The number of nitrogens with two attached hydrogens (primary N) is 1. The van der Waals surface area contributed by atoms with Crippen molar-refractivity contribution in [2.45, 2.75) is 6.04 Å². The van der Waals surface area contributed by atoms with Gasteiger partial charge in [0.05, 0.1) is 17.6 Å². The Bertz CT molecular complexity index is 701. The fourth-order valence-corrected chi connectivity index (χ4v) is 2.70. The molecule has 0 aliphatic carbocycles. The second-order valence-electron chi connectivity index (χ2n) is 4.73. The average Bonchev–Trinajstić information content (AvgIpc) is 2.85. The second-order valence-corrected chi connectivity index (χ2v) is 5.58. The summed E-state index contributed by atoms with van der Waals surface area (Å²) in [5, 5.41) is 0.740. The number of aliphatic imine (C=N–C) groups is 1. The summed E-state index contributed by atoms with van der Waals surface area (Å²) in [5.74, 6) is -0.0203. The van der Waals surface area contributed by atoms with Crippen LogP contribution in [0.3, 0.4) is 0 Å². The molecule has 0 aromatic heterocycles. The van der Waals surface area contributed by atoms with Gasteiger partial charge in [0.25, 0.3) is 0 Å². The third-order valence-corrected chi connectivity index (χ3v) is 3.96. The molecule has 2 aromatic carbocycles. The van der Waals surface area contributed by atoms with Crippen LogP contribution in [0.15, 0.2) is 47.5 Å². The smallest absolute Gasteiger partial charge is 0.196 e. The van der Waals surface area contributed by atoms with E-state index in [0.717, 1.165) is 11.3 Å². The van der Waals surface area contributed by atoms with Crippen molar-refractivity contribution < 1.29 is 4.39 Å². The van der Waals surface area contributed by atoms with Gasteiger partial charge in [0.2, 0.25) is 0 Å². The van der Waals surface area contributed by atoms with E-state index in [2.05, 4.69) is 4.99 Å². The van der Waals surface area contributed by atoms with Crippen LogP contribution in [-0.4, -0.2) is 12.5 Å². The Morgan fingerprint density at radius 3 is 2.52 bits per heavy atom. The SMILES string of the molecule is NC1=NCC(c2ccc(F)c(Cl)c2)N1c1ccc(Cl)cc1. The zero-order chi connectivity index (χ0) is 15.0. The van der Waals surface area contributed by atoms with Gasteiger partial charge in [0, 0.05) is 10.7 Å². The molecule has 1 unspecified atom stereocenters. The number of hydrogen-bond donors (Lipinski definition) is 1. The lowest BCUT2D eigenvalue weighted by Gasteiger charge is -2.26. The summed E-state index contributed by atoms with van der Waals surface area (Å²) < 4.78 is 13.3. The van der Waals surface area contributed by atoms with Gasteiger partial charge in [0.15, 0.2) is 5.96 Å². The molecule has 1 heterocycles. The van der Waals surface area contributed by atoms with Gasteiger partial charge in [0.1, 0.15) is 5.82 Å². The molecule has 0 radical (unpaired) electrons. The minimum Gasteiger partial charge on any atom is -0.369 e. The number of halogens is 3. The van der Waals surface area contributed by atoms with Crippen molar-refractivity contribution in [3.8, 4) is 0 Å². The number of benzene rings is 2. The molecule has 2 N–H and O–H groups in total. The van der Waals surface area contributed by atoms with E-state index in [1.165, 1.54) is 6.07 Å². The molecule has 21 heavy (non-hydrogen) atoms. The van der Waals surface area contributed by atoms with E-state index in [-0.39, 0.29) is 11.1 Å². The fourth-order valence-electron chi connectivity index (χ4n) is 2.39. The van der Waals surface area contributed by atoms with Gasteiger partial charge < -0.3 is 10.6 Å². The minimum atomic E-state index is -0.439. The molecule has 0 bridgehead atoms. The molecule has 0 fully saturated rings. The molecule has 6 heteroatoms. The molecule has 1 atom stereocenters. The number of guanidine groups is 1. The number of hydrogen-bond acceptors (Lipinski definition) is 3. The molecular formula is C15H12Cl2FN3. The van der Waals surface area contributed by atoms with Crippen LogP contribution >= 0.6 is 23.2 Å². The van der Waals surface area contributed by atoms with Crippen LogP contribution in [0, 0.1) is 5.82 Å². The Balaban J connectivity index is 1.98. The van der Waals surface area contributed by atoms with Crippen LogP contribution in [0.1, 0.15) is 11.6 Å². The summed E-state index contributed by atoms with van der Waals surface area (Å²) in [6, 6.07) is 11.9. The topological polar surface area (TPSA) is 41.6 Å². The highest BCUT2D eigenvalue weighted by Gasteiger charge is 2.29. The van der Waals surface area contributed by atoms with E-state index in [4.69, 9.17) is 28.9 Å². The summed E-state index contributed by atoms with van der Waals surface area (Å²) in [5.41, 5.74) is 7.72. The molecule has 108 valence electrons. The van der Waals surface area contributed by atoms with Crippen LogP contribution in [0.25, 0.3) is 0 Å². The van der Waals surface area contributed by atoms with E-state index in [9.17, 15) is 4.39 Å². The first-order chi connectivity index (χ1) is 10.1. The van der Waals surface area contributed by atoms with E-state index < -0.39 is 5.82 Å². The van der Waals surface area contributed by atoms with Crippen molar-refractivity contribution in [2.24, 2.45) is 10.7 Å². The molecule has 1 aliphatic rings. The van der Waals surface area contributed by atoms with Crippen molar-refractivity contribution in [3.63, 3.8) is 0 Å². The Morgan fingerprint density at radius 1 is 1.14 bits per heavy atom. The predicted molar refractivity (Wildman–Crippen MR) is 84.6 cm³/mol. The van der Waals surface area contributed by atoms with E-state index in [1.807, 2.05) is 17.0 Å². The maximum atomic E-state index is 13.3. The van der Waals surface area contributed by atoms with E-state index in [0.29, 0.717) is 17.5 Å². The van der Waals surface area contributed by atoms with Crippen molar-refractivity contribution in [2.75, 3.05) is 11.4 Å². The van der Waals surface area contributed by atoms with E-state index >= 15 is 0 Å². The molecule has 0 amide bonds. The van der Waals surface area contributed by atoms with Crippen LogP contribution < -0.4 is 10.6 Å². The van der Waals surface area contributed by atoms with Crippen molar-refractivity contribution in [1.82, 2.24) is 0 Å². The Labute approximate surface area is 131 Å². The van der Waals surface area contributed by atoms with Crippen LogP contribution in [0.4, 0.5) is 10.1 Å². The molecule has 0 saturated carbocycles. The molecule has 2 aromatic rings. The summed E-state index contributed by atoms with van der Waals surface area (Å²) in [7, 11) is 0. The normalized spacial score (nSPS) is 18.0. The van der Waals surface area contributed by atoms with E-state index in [1.54, 1.807) is 24.3 Å². The van der Waals surface area contributed by atoms with Gasteiger partial charge in [-0.2, -0.15) is 0 Å². The average molecular weight is 324 g/mol. The molecule has 0 spiro atoms. The van der Waals surface area contributed by atoms with Gasteiger partial charge in [-0.3, -0.25) is 4.99 Å². The maximum Gasteiger partial charge on any atom is 0.196 e. The molecule has 3 nitrogen and oxygen atoms in total. The second kappa shape index (κ2) is 5.54. The first-order valence-electron chi connectivity index (χ1n) is 6.36. The summed E-state index contributed by atoms with van der Waals surface area (Å²) in [4.78, 5) is 6.17. The van der Waals surface area contributed by atoms with Crippen molar-refractivity contribution in [3.05, 3.63) is 63.9 Å². The first-order valence-corrected chi connectivity index (χ1v) is 7.11. The minimum absolute atomic E-state index is 0.0917. The Hall–Kier alpha value is -1.78. The lowest BCUT2D eigenvalue weighted by molar-refractivity contribution is 0.626. The lowest BCUT2D eigenvalue weighted by Crippen LogP contribution is -2.36. The number of nitrogens with zero attached hydrogens (tertiary/aromatic N) is 2. The molecule has 3 rings (SSSR count). The van der Waals surface area contributed by atoms with Crippen LogP contribution in [0.5, 0.6) is 0 Å². The zero-order valence-electron chi connectivity index (χ0n) is 10.9. The van der Waals surface area contributed by atoms with Gasteiger partial charge in [-0.15, -0.1) is 0 Å². The third-order valence-electron chi connectivity index (χ3n) is 3.42. The van der Waals surface area contributed by atoms with Crippen LogP contribution in [-0.2, 0) is 0 Å². The van der Waals surface area contributed by atoms with Gasteiger partial charge in [-0.1, -0.05) is 29.3 Å². The highest BCUT2D eigenvalue weighted by atomic mass is 35.5. The van der Waals surface area contributed by atoms with Gasteiger partial charge in [-0.05, 0) is 42.0 Å². The Morgan fingerprint density at radius 2 is 1.86 bits per heavy atom. The Kier molecular flexibility index (Phi) is 3.74. The zero-order valence-corrected chi connectivity index (χ0v) is 12.4. The summed E-state index contributed by atoms with van der Waals surface area (Å²) in [6.07, 6.45) is 0. The maximum absolute atomic E-state index is 13.3. The number of rotatable bonds is 2. The number of anilines is 1. The highest BCUT2D eigenvalue weighted by Crippen LogP contribution is 2.33. The van der Waals surface area contributed by atoms with Crippen molar-refractivity contribution in [1.29, 1.82) is 0 Å². The lowest BCUT2D eigenvalue weighted by atomic mass is 10.1. The van der Waals surface area contributed by atoms with Crippen LogP contribution in [0.2, 0.25) is 10.0 Å². The van der Waals surface area contributed by atoms with Gasteiger partial charge in [-0.25, -0.2) is 4.39 Å². The highest BCUT2D eigenvalue weighted by molar-refractivity contribution is 6.31. The summed E-state index contributed by atoms with van der Waals surface area (Å²) >= 11 is 11.8. The largest absolute Gasteiger partial charge is 0.369 e. The standard InChI is InChI=1S/C15H12Cl2FN3/c16-10-2-4-11(5-3-10)21-14(8-20-15(21)19)9-1-6-13(18)12(17)7-9/h1-7,14H,8H2,(H2,19,20). The monoisotopic (exact) mass is 323 g/mol. The fraction of sp³-hybridized carbons (Fsp3) is 0.133. The molecular weight excluding hydrogens is 312 g/mol. The van der Waals surface area contributed by atoms with Gasteiger partial charge >= 0.3 is 0 Å². The molecule has 1 aliphatic heterocycles.